The number of aromatic amines is 1. The number of benzene rings is 1. The zero-order chi connectivity index (χ0) is 13.1. The summed E-state index contributed by atoms with van der Waals surface area (Å²) in [6.45, 7) is 1.82. The highest BCUT2D eigenvalue weighted by molar-refractivity contribution is 7.99. The average Bonchev–Trinajstić information content (AvgIpc) is 2.76. The van der Waals surface area contributed by atoms with E-state index >= 15 is 0 Å². The van der Waals surface area contributed by atoms with Crippen molar-refractivity contribution in [2.45, 2.75) is 17.0 Å². The molecule has 1 aromatic carbocycles. The number of ether oxygens (including phenoxy) is 1. The lowest BCUT2D eigenvalue weighted by molar-refractivity contribution is 0.0600. The van der Waals surface area contributed by atoms with E-state index in [1.54, 1.807) is 18.2 Å². The first-order valence-corrected chi connectivity index (χ1v) is 5.96. The number of aryl methyl sites for hydroxylation is 1. The van der Waals surface area contributed by atoms with E-state index in [1.807, 2.05) is 6.92 Å². The standard InChI is InChI=1S/C11H12N4O2S/c1-6-13-11(15-14-6)18-9-4-3-7(5-8(9)12)10(16)17-2/h3-5H,12H2,1-2H3,(H,13,14,15). The second-order valence-electron chi connectivity index (χ2n) is 3.55. The van der Waals surface area contributed by atoms with E-state index in [2.05, 4.69) is 19.9 Å². The monoisotopic (exact) mass is 264 g/mol. The number of nitrogens with one attached hydrogen (secondary N) is 1. The van der Waals surface area contributed by atoms with Gasteiger partial charge < -0.3 is 10.5 Å². The van der Waals surface area contributed by atoms with Gasteiger partial charge in [-0.3, -0.25) is 5.10 Å². The first-order chi connectivity index (χ1) is 8.60. The van der Waals surface area contributed by atoms with Crippen molar-refractivity contribution in [3.8, 4) is 0 Å². The molecule has 1 aromatic heterocycles. The zero-order valence-corrected chi connectivity index (χ0v) is 10.7. The molecule has 1 heterocycles. The van der Waals surface area contributed by atoms with Gasteiger partial charge in [0.2, 0.25) is 5.16 Å². The Morgan fingerprint density at radius 3 is 2.83 bits per heavy atom. The normalized spacial score (nSPS) is 10.3. The molecule has 0 atom stereocenters. The lowest BCUT2D eigenvalue weighted by Crippen LogP contribution is -2.02. The number of hydrogen-bond acceptors (Lipinski definition) is 6. The molecule has 94 valence electrons. The summed E-state index contributed by atoms with van der Waals surface area (Å²) in [6, 6.07) is 4.98. The van der Waals surface area contributed by atoms with Gasteiger partial charge in [-0.25, -0.2) is 9.78 Å². The highest BCUT2D eigenvalue weighted by Gasteiger charge is 2.10. The van der Waals surface area contributed by atoms with Crippen LogP contribution in [0.5, 0.6) is 0 Å². The molecule has 2 rings (SSSR count). The number of methoxy groups -OCH3 is 1. The average molecular weight is 264 g/mol. The number of nitrogen functional groups attached to an aromatic ring is 1. The molecule has 0 saturated heterocycles. The van der Waals surface area contributed by atoms with Gasteiger partial charge in [-0.1, -0.05) is 0 Å². The van der Waals surface area contributed by atoms with Crippen LogP contribution in [0.4, 0.5) is 5.69 Å². The number of nitrogens with two attached hydrogens (primary N) is 1. The van der Waals surface area contributed by atoms with E-state index < -0.39 is 5.97 Å². The van der Waals surface area contributed by atoms with Gasteiger partial charge in [0.15, 0.2) is 0 Å². The summed E-state index contributed by atoms with van der Waals surface area (Å²) in [5.41, 5.74) is 6.79. The second-order valence-corrected chi connectivity index (χ2v) is 4.56. The Labute approximate surface area is 108 Å². The number of aromatic nitrogens is 3. The topological polar surface area (TPSA) is 93.9 Å². The van der Waals surface area contributed by atoms with Gasteiger partial charge in [0.05, 0.1) is 12.7 Å². The molecule has 6 nitrogen and oxygen atoms in total. The number of carbonyl (C=O) groups excluding carboxylic acids is 1. The summed E-state index contributed by atoms with van der Waals surface area (Å²) in [7, 11) is 1.33. The Morgan fingerprint density at radius 1 is 1.50 bits per heavy atom. The molecule has 7 heteroatoms. The van der Waals surface area contributed by atoms with Crippen molar-refractivity contribution >= 4 is 23.4 Å². The number of anilines is 1. The highest BCUT2D eigenvalue weighted by atomic mass is 32.2. The summed E-state index contributed by atoms with van der Waals surface area (Å²) in [4.78, 5) is 16.3. The van der Waals surface area contributed by atoms with E-state index in [0.29, 0.717) is 16.4 Å². The Bertz CT molecular complexity index is 582. The maximum Gasteiger partial charge on any atom is 0.337 e. The van der Waals surface area contributed by atoms with E-state index in [4.69, 9.17) is 5.73 Å². The van der Waals surface area contributed by atoms with Crippen molar-refractivity contribution in [3.05, 3.63) is 29.6 Å². The summed E-state index contributed by atoms with van der Waals surface area (Å²) in [5, 5.41) is 7.34. The fraction of sp³-hybridized carbons (Fsp3) is 0.182. The quantitative estimate of drug-likeness (QED) is 0.646. The van der Waals surface area contributed by atoms with Crippen LogP contribution >= 0.6 is 11.8 Å². The van der Waals surface area contributed by atoms with E-state index in [0.717, 1.165) is 10.7 Å². The summed E-state index contributed by atoms with van der Waals surface area (Å²) >= 11 is 1.33. The minimum atomic E-state index is -0.410. The SMILES string of the molecule is COC(=O)c1ccc(Sc2n[nH]c(C)n2)c(N)c1. The van der Waals surface area contributed by atoms with Gasteiger partial charge in [0.25, 0.3) is 0 Å². The highest BCUT2D eigenvalue weighted by Crippen LogP contribution is 2.30. The molecule has 18 heavy (non-hydrogen) atoms. The fourth-order valence-corrected chi connectivity index (χ4v) is 2.14. The Kier molecular flexibility index (Phi) is 3.52. The molecular weight excluding hydrogens is 252 g/mol. The van der Waals surface area contributed by atoms with E-state index in [1.165, 1.54) is 18.9 Å². The van der Waals surface area contributed by atoms with Crippen molar-refractivity contribution in [1.82, 2.24) is 15.2 Å². The molecule has 0 fully saturated rings. The number of nitrogens with zero attached hydrogens (tertiary/aromatic N) is 2. The third-order valence-corrected chi connectivity index (χ3v) is 3.17. The number of hydrogen-bond donors (Lipinski definition) is 2. The van der Waals surface area contributed by atoms with Crippen LogP contribution in [-0.2, 0) is 4.74 Å². The Balaban J connectivity index is 2.22. The molecule has 0 aliphatic carbocycles. The Hall–Kier alpha value is -2.02. The third kappa shape index (κ3) is 2.62. The lowest BCUT2D eigenvalue weighted by atomic mass is 10.2. The number of esters is 1. The van der Waals surface area contributed by atoms with Gasteiger partial charge in [0, 0.05) is 10.6 Å². The second kappa shape index (κ2) is 5.09. The molecular formula is C11H12N4O2S. The van der Waals surface area contributed by atoms with Crippen molar-refractivity contribution in [3.63, 3.8) is 0 Å². The maximum absolute atomic E-state index is 11.3. The largest absolute Gasteiger partial charge is 0.465 e. The zero-order valence-electron chi connectivity index (χ0n) is 9.93. The first kappa shape index (κ1) is 12.4. The van der Waals surface area contributed by atoms with Crippen LogP contribution in [-0.4, -0.2) is 28.3 Å². The maximum atomic E-state index is 11.3. The molecule has 0 saturated carbocycles. The molecule has 3 N–H and O–H groups in total. The minimum Gasteiger partial charge on any atom is -0.465 e. The van der Waals surface area contributed by atoms with Crippen LogP contribution in [0.1, 0.15) is 16.2 Å². The molecule has 0 bridgehead atoms. The van der Waals surface area contributed by atoms with E-state index in [-0.39, 0.29) is 0 Å². The summed E-state index contributed by atoms with van der Waals surface area (Å²) in [5.74, 6) is 0.328. The van der Waals surface area contributed by atoms with Crippen LogP contribution in [0.15, 0.2) is 28.3 Å². The third-order valence-electron chi connectivity index (χ3n) is 2.21. The van der Waals surface area contributed by atoms with Gasteiger partial charge in [0.1, 0.15) is 5.82 Å². The molecule has 0 amide bonds. The van der Waals surface area contributed by atoms with Gasteiger partial charge in [-0.2, -0.15) is 0 Å². The van der Waals surface area contributed by atoms with Crippen LogP contribution < -0.4 is 5.73 Å². The van der Waals surface area contributed by atoms with E-state index in [9.17, 15) is 4.79 Å². The predicted molar refractivity (Wildman–Crippen MR) is 67.4 cm³/mol. The van der Waals surface area contributed by atoms with Crippen LogP contribution in [0.2, 0.25) is 0 Å². The van der Waals surface area contributed by atoms with Crippen molar-refractivity contribution in [2.75, 3.05) is 12.8 Å². The molecule has 0 spiro atoms. The summed E-state index contributed by atoms with van der Waals surface area (Å²) in [6.07, 6.45) is 0. The molecule has 0 aliphatic rings. The number of H-pyrrole nitrogens is 1. The van der Waals surface area contributed by atoms with Crippen LogP contribution in [0.3, 0.4) is 0 Å². The summed E-state index contributed by atoms with van der Waals surface area (Å²) < 4.78 is 4.62. The van der Waals surface area contributed by atoms with Crippen molar-refractivity contribution in [2.24, 2.45) is 0 Å². The number of carbonyl (C=O) groups is 1. The first-order valence-electron chi connectivity index (χ1n) is 5.15. The van der Waals surface area contributed by atoms with Crippen molar-refractivity contribution < 1.29 is 9.53 Å². The molecule has 0 aliphatic heterocycles. The molecule has 2 aromatic rings. The van der Waals surface area contributed by atoms with Gasteiger partial charge >= 0.3 is 5.97 Å². The van der Waals surface area contributed by atoms with Gasteiger partial charge in [-0.05, 0) is 36.9 Å². The minimum absolute atomic E-state index is 0.410. The van der Waals surface area contributed by atoms with Crippen molar-refractivity contribution in [1.29, 1.82) is 0 Å². The molecule has 0 unspecified atom stereocenters. The van der Waals surface area contributed by atoms with Crippen LogP contribution in [0, 0.1) is 6.92 Å². The Morgan fingerprint density at radius 2 is 2.28 bits per heavy atom. The number of rotatable bonds is 3. The smallest absolute Gasteiger partial charge is 0.337 e. The lowest BCUT2D eigenvalue weighted by Gasteiger charge is -2.05. The molecule has 0 radical (unpaired) electrons. The predicted octanol–water partition coefficient (Wildman–Crippen LogP) is 1.63. The van der Waals surface area contributed by atoms with Crippen LogP contribution in [0.25, 0.3) is 0 Å². The fourth-order valence-electron chi connectivity index (χ4n) is 1.35. The van der Waals surface area contributed by atoms with Gasteiger partial charge in [-0.15, -0.1) is 5.10 Å².